The third-order valence-electron chi connectivity index (χ3n) is 7.25. The third-order valence-corrected chi connectivity index (χ3v) is 7.25. The van der Waals surface area contributed by atoms with Crippen molar-refractivity contribution in [1.29, 1.82) is 0 Å². The minimum Gasteiger partial charge on any atom is -0.506 e. The summed E-state index contributed by atoms with van der Waals surface area (Å²) in [4.78, 5) is 19.2. The van der Waals surface area contributed by atoms with E-state index in [1.807, 2.05) is 30.3 Å². The maximum absolute atomic E-state index is 14.7. The molecule has 1 saturated heterocycles. The fourth-order valence-corrected chi connectivity index (χ4v) is 5.31. The Morgan fingerprint density at radius 1 is 0.950 bits per heavy atom. The molecule has 6 heterocycles. The first kappa shape index (κ1) is 24.2. The van der Waals surface area contributed by atoms with E-state index in [2.05, 4.69) is 30.0 Å². The quantitative estimate of drug-likeness (QED) is 0.245. The Morgan fingerprint density at radius 3 is 2.73 bits per heavy atom. The predicted octanol–water partition coefficient (Wildman–Crippen LogP) is 5.55. The van der Waals surface area contributed by atoms with Crippen molar-refractivity contribution < 1.29 is 14.2 Å². The molecule has 0 aliphatic carbocycles. The monoisotopic (exact) mass is 535 g/mol. The number of aromatic hydroxyl groups is 1. The second kappa shape index (κ2) is 10.0. The summed E-state index contributed by atoms with van der Waals surface area (Å²) in [5, 5.41) is 18.2. The molecule has 0 saturated carbocycles. The minimum absolute atomic E-state index is 0.0694. The molecule has 5 aromatic heterocycles. The van der Waals surface area contributed by atoms with Crippen molar-refractivity contribution >= 4 is 21.9 Å². The lowest BCUT2D eigenvalue weighted by atomic mass is 10.1. The van der Waals surface area contributed by atoms with Gasteiger partial charge in [-0.2, -0.15) is 5.10 Å². The number of halogens is 1. The predicted molar refractivity (Wildman–Crippen MR) is 150 cm³/mol. The summed E-state index contributed by atoms with van der Waals surface area (Å²) in [5.41, 5.74) is 6.29. The van der Waals surface area contributed by atoms with E-state index >= 15 is 0 Å². The molecule has 10 heteroatoms. The maximum Gasteiger partial charge on any atom is 0.135 e. The molecular formula is C30H26FN7O2. The number of aromatic amines is 2. The van der Waals surface area contributed by atoms with Crippen LogP contribution in [0.4, 0.5) is 4.39 Å². The van der Waals surface area contributed by atoms with E-state index in [-0.39, 0.29) is 11.6 Å². The zero-order valence-electron chi connectivity index (χ0n) is 21.6. The number of fused-ring (bicyclic) bond motifs is 2. The molecule has 0 radical (unpaired) electrons. The zero-order valence-corrected chi connectivity index (χ0v) is 21.6. The van der Waals surface area contributed by atoms with E-state index in [0.717, 1.165) is 41.7 Å². The van der Waals surface area contributed by atoms with Crippen molar-refractivity contribution in [2.45, 2.75) is 12.8 Å². The first-order chi connectivity index (χ1) is 19.6. The van der Waals surface area contributed by atoms with Crippen molar-refractivity contribution in [3.05, 3.63) is 72.9 Å². The van der Waals surface area contributed by atoms with Gasteiger partial charge in [0, 0.05) is 47.0 Å². The molecule has 1 aromatic carbocycles. The normalized spacial score (nSPS) is 13.9. The lowest BCUT2D eigenvalue weighted by molar-refractivity contribution is 0.237. The number of likely N-dealkylation sites (tertiary alicyclic amines) is 1. The summed E-state index contributed by atoms with van der Waals surface area (Å²) in [6.45, 7) is 3.52. The maximum atomic E-state index is 14.7. The molecule has 1 aliphatic rings. The summed E-state index contributed by atoms with van der Waals surface area (Å²) in [6.07, 6.45) is 7.17. The highest BCUT2D eigenvalue weighted by molar-refractivity contribution is 5.99. The van der Waals surface area contributed by atoms with Crippen LogP contribution in [0, 0.1) is 5.82 Å². The second-order valence-corrected chi connectivity index (χ2v) is 9.97. The van der Waals surface area contributed by atoms with Crippen LogP contribution in [-0.4, -0.2) is 66.4 Å². The van der Waals surface area contributed by atoms with Gasteiger partial charge in [0.2, 0.25) is 0 Å². The lowest BCUT2D eigenvalue weighted by Gasteiger charge is -2.15. The van der Waals surface area contributed by atoms with Crippen molar-refractivity contribution in [2.24, 2.45) is 0 Å². The van der Waals surface area contributed by atoms with Gasteiger partial charge in [-0.3, -0.25) is 20.0 Å². The van der Waals surface area contributed by atoms with Gasteiger partial charge in [0.25, 0.3) is 0 Å². The number of hydrogen-bond donors (Lipinski definition) is 3. The number of benzene rings is 1. The average Bonchev–Trinajstić information content (AvgIpc) is 3.72. The number of H-pyrrole nitrogens is 2. The summed E-state index contributed by atoms with van der Waals surface area (Å²) in [7, 11) is 0. The van der Waals surface area contributed by atoms with E-state index in [1.165, 1.54) is 31.2 Å². The lowest BCUT2D eigenvalue weighted by Crippen LogP contribution is -2.25. The van der Waals surface area contributed by atoms with Gasteiger partial charge in [-0.15, -0.1) is 0 Å². The standard InChI is InChI=1S/C30H26FN7O2/c31-20-11-18(13-22(14-20)40-10-9-38-7-1-2-8-38)28-23-15-27(34-25(23)5-6-33-28)30-29-26(36-37-30)4-3-24(35-29)19-12-21(39)17-32-16-19/h3-6,11-17,34,39H,1-2,7-10H2,(H,36,37). The Kier molecular flexibility index (Phi) is 6.09. The van der Waals surface area contributed by atoms with E-state index in [1.54, 1.807) is 18.5 Å². The number of nitrogens with zero attached hydrogens (tertiary/aromatic N) is 5. The molecule has 9 nitrogen and oxygen atoms in total. The van der Waals surface area contributed by atoms with Gasteiger partial charge in [0.05, 0.1) is 28.8 Å². The Balaban J connectivity index is 1.23. The largest absolute Gasteiger partial charge is 0.506 e. The van der Waals surface area contributed by atoms with E-state index in [0.29, 0.717) is 46.1 Å². The number of hydrogen-bond acceptors (Lipinski definition) is 7. The highest BCUT2D eigenvalue weighted by Gasteiger charge is 2.17. The first-order valence-corrected chi connectivity index (χ1v) is 13.2. The first-order valence-electron chi connectivity index (χ1n) is 13.2. The highest BCUT2D eigenvalue weighted by Crippen LogP contribution is 2.34. The molecule has 0 amide bonds. The van der Waals surface area contributed by atoms with Crippen LogP contribution in [-0.2, 0) is 0 Å². The molecule has 40 heavy (non-hydrogen) atoms. The van der Waals surface area contributed by atoms with E-state index < -0.39 is 0 Å². The topological polar surface area (TPSA) is 116 Å². The van der Waals surface area contributed by atoms with Crippen LogP contribution in [0.1, 0.15) is 12.8 Å². The van der Waals surface area contributed by atoms with E-state index in [9.17, 15) is 9.50 Å². The van der Waals surface area contributed by atoms with Crippen LogP contribution >= 0.6 is 0 Å². The van der Waals surface area contributed by atoms with Crippen molar-refractivity contribution in [1.82, 2.24) is 35.0 Å². The average molecular weight is 536 g/mol. The summed E-state index contributed by atoms with van der Waals surface area (Å²) in [6, 6.07) is 13.9. The summed E-state index contributed by atoms with van der Waals surface area (Å²) in [5.74, 6) is 0.180. The molecular weight excluding hydrogens is 509 g/mol. The van der Waals surface area contributed by atoms with Crippen LogP contribution in [0.3, 0.4) is 0 Å². The van der Waals surface area contributed by atoms with Crippen LogP contribution < -0.4 is 4.74 Å². The summed E-state index contributed by atoms with van der Waals surface area (Å²) < 4.78 is 20.6. The van der Waals surface area contributed by atoms with Crippen molar-refractivity contribution in [3.63, 3.8) is 0 Å². The molecule has 7 rings (SSSR count). The van der Waals surface area contributed by atoms with Gasteiger partial charge < -0.3 is 14.8 Å². The number of pyridine rings is 3. The number of ether oxygens (including phenoxy) is 1. The minimum atomic E-state index is -0.375. The molecule has 200 valence electrons. The molecule has 0 bridgehead atoms. The van der Waals surface area contributed by atoms with Crippen LogP contribution in [0.2, 0.25) is 0 Å². The fraction of sp³-hybridized carbons (Fsp3) is 0.200. The third kappa shape index (κ3) is 4.62. The molecule has 0 atom stereocenters. The Labute approximate surface area is 228 Å². The number of nitrogens with one attached hydrogen (secondary N) is 2. The number of rotatable bonds is 7. The second-order valence-electron chi connectivity index (χ2n) is 9.97. The van der Waals surface area contributed by atoms with Crippen molar-refractivity contribution in [3.8, 4) is 45.4 Å². The molecule has 3 N–H and O–H groups in total. The van der Waals surface area contributed by atoms with Gasteiger partial charge in [0.15, 0.2) is 0 Å². The fourth-order valence-electron chi connectivity index (χ4n) is 5.31. The Morgan fingerprint density at radius 2 is 1.85 bits per heavy atom. The van der Waals surface area contributed by atoms with Crippen LogP contribution in [0.5, 0.6) is 11.5 Å². The molecule has 1 aliphatic heterocycles. The Hall–Kier alpha value is -4.83. The van der Waals surface area contributed by atoms with Gasteiger partial charge in [-0.1, -0.05) is 0 Å². The SMILES string of the molecule is Oc1cncc(-c2ccc3[nH]nc(-c4cc5c(-c6cc(F)cc(OCCN7CCCC7)c6)nccc5[nH]4)c3n2)c1. The Bertz CT molecular complexity index is 1840. The molecule has 0 unspecified atom stereocenters. The number of aromatic nitrogens is 6. The molecule has 6 aromatic rings. The molecule has 0 spiro atoms. The zero-order chi connectivity index (χ0) is 27.1. The van der Waals surface area contributed by atoms with Crippen molar-refractivity contribution in [2.75, 3.05) is 26.2 Å². The van der Waals surface area contributed by atoms with E-state index in [4.69, 9.17) is 9.72 Å². The van der Waals surface area contributed by atoms with Gasteiger partial charge >= 0.3 is 0 Å². The van der Waals surface area contributed by atoms with Crippen LogP contribution in [0.15, 0.2) is 67.1 Å². The van der Waals surface area contributed by atoms with Gasteiger partial charge in [0.1, 0.15) is 35.1 Å². The highest BCUT2D eigenvalue weighted by atomic mass is 19.1. The van der Waals surface area contributed by atoms with Crippen LogP contribution in [0.25, 0.3) is 55.8 Å². The van der Waals surface area contributed by atoms with Gasteiger partial charge in [-0.05, 0) is 68.4 Å². The smallest absolute Gasteiger partial charge is 0.135 e. The van der Waals surface area contributed by atoms with Gasteiger partial charge in [-0.25, -0.2) is 9.37 Å². The molecule has 1 fully saturated rings. The summed E-state index contributed by atoms with van der Waals surface area (Å²) >= 11 is 0.